The van der Waals surface area contributed by atoms with E-state index in [0.717, 1.165) is 36.0 Å². The predicted molar refractivity (Wildman–Crippen MR) is 123 cm³/mol. The highest BCUT2D eigenvalue weighted by Crippen LogP contribution is 2.22. The Bertz CT molecular complexity index is 1030. The van der Waals surface area contributed by atoms with E-state index in [4.69, 9.17) is 5.26 Å². The largest absolute Gasteiger partial charge is 0.372 e. The van der Waals surface area contributed by atoms with Crippen molar-refractivity contribution in [3.8, 4) is 6.07 Å². The summed E-state index contributed by atoms with van der Waals surface area (Å²) in [5, 5.41) is 12.9. The van der Waals surface area contributed by atoms with Gasteiger partial charge >= 0.3 is 0 Å². The Hall–Kier alpha value is -3.52. The van der Waals surface area contributed by atoms with Crippen molar-refractivity contribution < 1.29 is 4.79 Å². The van der Waals surface area contributed by atoms with E-state index in [1.54, 1.807) is 6.08 Å². The molecule has 0 unspecified atom stereocenters. The van der Waals surface area contributed by atoms with Gasteiger partial charge in [-0.2, -0.15) is 5.26 Å². The van der Waals surface area contributed by atoms with Gasteiger partial charge in [0.2, 0.25) is 5.91 Å². The van der Waals surface area contributed by atoms with Gasteiger partial charge in [-0.05, 0) is 37.6 Å². The van der Waals surface area contributed by atoms with Gasteiger partial charge in [0, 0.05) is 60.6 Å². The summed E-state index contributed by atoms with van der Waals surface area (Å²) < 4.78 is 2.07. The number of nitrogens with zero attached hydrogens (tertiary/aromatic N) is 3. The summed E-state index contributed by atoms with van der Waals surface area (Å²) in [5.74, 6) is -0.0911. The number of rotatable bonds is 10. The maximum absolute atomic E-state index is 12.3. The third-order valence-electron chi connectivity index (χ3n) is 5.11. The van der Waals surface area contributed by atoms with Crippen LogP contribution in [0.25, 0.3) is 17.0 Å². The molecule has 0 aliphatic carbocycles. The Morgan fingerprint density at radius 1 is 1.17 bits per heavy atom. The quantitative estimate of drug-likeness (QED) is 0.400. The number of hydrogen-bond donors (Lipinski definition) is 1. The number of carbonyl (C=O) groups excluding carboxylic acids is 1. The minimum atomic E-state index is -0.0911. The summed E-state index contributed by atoms with van der Waals surface area (Å²) in [6, 6.07) is 20.6. The first-order valence-corrected chi connectivity index (χ1v) is 10.4. The summed E-state index contributed by atoms with van der Waals surface area (Å²) in [7, 11) is 0. The van der Waals surface area contributed by atoms with E-state index >= 15 is 0 Å². The molecular formula is C25H28N4O. The lowest BCUT2D eigenvalue weighted by Gasteiger charge is -2.23. The SMILES string of the molecule is CCN(CCCNC(=O)C=Cc1cn(CCC#N)c2ccccc12)c1ccccc1. The fourth-order valence-corrected chi connectivity index (χ4v) is 3.58. The lowest BCUT2D eigenvalue weighted by Crippen LogP contribution is -2.29. The van der Waals surface area contributed by atoms with Gasteiger partial charge in [0.25, 0.3) is 0 Å². The van der Waals surface area contributed by atoms with Crippen molar-refractivity contribution in [2.75, 3.05) is 24.5 Å². The molecule has 3 aromatic rings. The fourth-order valence-electron chi connectivity index (χ4n) is 3.58. The number of amides is 1. The Labute approximate surface area is 178 Å². The number of benzene rings is 2. The second kappa shape index (κ2) is 10.9. The van der Waals surface area contributed by atoms with Gasteiger partial charge < -0.3 is 14.8 Å². The Balaban J connectivity index is 1.53. The molecule has 0 bridgehead atoms. The van der Waals surface area contributed by atoms with Crippen LogP contribution in [-0.4, -0.2) is 30.1 Å². The number of hydrogen-bond acceptors (Lipinski definition) is 3. The summed E-state index contributed by atoms with van der Waals surface area (Å²) in [6.45, 7) is 5.26. The van der Waals surface area contributed by atoms with Gasteiger partial charge in [0.05, 0.1) is 12.5 Å². The number of fused-ring (bicyclic) bond motifs is 1. The number of carbonyl (C=O) groups is 1. The van der Waals surface area contributed by atoms with Crippen LogP contribution < -0.4 is 10.2 Å². The Kier molecular flexibility index (Phi) is 7.68. The highest BCUT2D eigenvalue weighted by molar-refractivity contribution is 5.96. The van der Waals surface area contributed by atoms with Crippen LogP contribution in [0.3, 0.4) is 0 Å². The van der Waals surface area contributed by atoms with Crippen LogP contribution in [0, 0.1) is 11.3 Å². The topological polar surface area (TPSA) is 61.1 Å². The zero-order chi connectivity index (χ0) is 21.2. The first-order chi connectivity index (χ1) is 14.7. The normalized spacial score (nSPS) is 10.9. The molecule has 0 radical (unpaired) electrons. The molecule has 1 amide bonds. The average molecular weight is 401 g/mol. The lowest BCUT2D eigenvalue weighted by atomic mass is 10.1. The predicted octanol–water partition coefficient (Wildman–Crippen LogP) is 4.60. The van der Waals surface area contributed by atoms with Crippen LogP contribution in [0.5, 0.6) is 0 Å². The number of para-hydroxylation sites is 2. The summed E-state index contributed by atoms with van der Waals surface area (Å²) >= 11 is 0. The molecule has 2 aromatic carbocycles. The molecule has 0 saturated carbocycles. The molecule has 5 heteroatoms. The molecule has 30 heavy (non-hydrogen) atoms. The van der Waals surface area contributed by atoms with Crippen molar-refractivity contribution in [2.24, 2.45) is 0 Å². The third-order valence-corrected chi connectivity index (χ3v) is 5.11. The highest BCUT2D eigenvalue weighted by Gasteiger charge is 2.07. The van der Waals surface area contributed by atoms with E-state index in [0.29, 0.717) is 19.5 Å². The van der Waals surface area contributed by atoms with E-state index in [9.17, 15) is 4.79 Å². The average Bonchev–Trinajstić information content (AvgIpc) is 3.14. The van der Waals surface area contributed by atoms with Crippen molar-refractivity contribution in [1.29, 1.82) is 5.26 Å². The zero-order valence-corrected chi connectivity index (χ0v) is 17.4. The lowest BCUT2D eigenvalue weighted by molar-refractivity contribution is -0.116. The van der Waals surface area contributed by atoms with Crippen LogP contribution in [0.15, 0.2) is 66.9 Å². The van der Waals surface area contributed by atoms with Gasteiger partial charge in [-0.25, -0.2) is 0 Å². The van der Waals surface area contributed by atoms with E-state index in [1.807, 2.05) is 54.7 Å². The highest BCUT2D eigenvalue weighted by atomic mass is 16.1. The molecule has 154 valence electrons. The molecule has 0 saturated heterocycles. The van der Waals surface area contributed by atoms with Crippen LogP contribution in [0.2, 0.25) is 0 Å². The first kappa shape index (κ1) is 21.2. The fraction of sp³-hybridized carbons (Fsp3) is 0.280. The minimum absolute atomic E-state index is 0.0911. The number of aryl methyl sites for hydroxylation is 1. The standard InChI is InChI=1S/C25H28N4O/c1-2-28(22-10-4-3-5-11-22)19-9-17-27-25(30)15-14-21-20-29(18-8-16-26)24-13-7-6-12-23(21)24/h3-7,10-15,20H,2,8-9,17-19H2,1H3,(H,27,30). The van der Waals surface area contributed by atoms with Crippen molar-refractivity contribution in [3.05, 3.63) is 72.4 Å². The van der Waals surface area contributed by atoms with Gasteiger partial charge in [-0.1, -0.05) is 36.4 Å². The number of nitrogens with one attached hydrogen (secondary N) is 1. The number of nitriles is 1. The van der Waals surface area contributed by atoms with Crippen molar-refractivity contribution in [1.82, 2.24) is 9.88 Å². The van der Waals surface area contributed by atoms with Gasteiger partial charge in [0.15, 0.2) is 0 Å². The first-order valence-electron chi connectivity index (χ1n) is 10.4. The second-order valence-corrected chi connectivity index (χ2v) is 7.10. The zero-order valence-electron chi connectivity index (χ0n) is 17.4. The van der Waals surface area contributed by atoms with Gasteiger partial charge in [-0.3, -0.25) is 4.79 Å². The van der Waals surface area contributed by atoms with E-state index in [2.05, 4.69) is 39.9 Å². The Morgan fingerprint density at radius 3 is 2.70 bits per heavy atom. The summed E-state index contributed by atoms with van der Waals surface area (Å²) in [6.07, 6.45) is 6.79. The van der Waals surface area contributed by atoms with Crippen molar-refractivity contribution in [2.45, 2.75) is 26.3 Å². The Morgan fingerprint density at radius 2 is 1.93 bits per heavy atom. The molecular weight excluding hydrogens is 372 g/mol. The molecule has 0 atom stereocenters. The monoisotopic (exact) mass is 400 g/mol. The van der Waals surface area contributed by atoms with Crippen LogP contribution in [-0.2, 0) is 11.3 Å². The molecule has 5 nitrogen and oxygen atoms in total. The van der Waals surface area contributed by atoms with Crippen LogP contribution in [0.4, 0.5) is 5.69 Å². The second-order valence-electron chi connectivity index (χ2n) is 7.10. The van der Waals surface area contributed by atoms with Crippen molar-refractivity contribution in [3.63, 3.8) is 0 Å². The van der Waals surface area contributed by atoms with E-state index in [1.165, 1.54) is 5.69 Å². The molecule has 0 aliphatic rings. The minimum Gasteiger partial charge on any atom is -0.372 e. The van der Waals surface area contributed by atoms with Crippen LogP contribution in [0.1, 0.15) is 25.3 Å². The molecule has 3 rings (SSSR count). The number of anilines is 1. The third kappa shape index (κ3) is 5.51. The molecule has 1 heterocycles. The molecule has 0 spiro atoms. The van der Waals surface area contributed by atoms with E-state index < -0.39 is 0 Å². The molecule has 0 fully saturated rings. The molecule has 0 aliphatic heterocycles. The maximum Gasteiger partial charge on any atom is 0.244 e. The summed E-state index contributed by atoms with van der Waals surface area (Å²) in [4.78, 5) is 14.6. The molecule has 1 N–H and O–H groups in total. The van der Waals surface area contributed by atoms with Crippen molar-refractivity contribution >= 4 is 28.6 Å². The van der Waals surface area contributed by atoms with E-state index in [-0.39, 0.29) is 5.91 Å². The van der Waals surface area contributed by atoms with Crippen LogP contribution >= 0.6 is 0 Å². The van der Waals surface area contributed by atoms with Gasteiger partial charge in [0.1, 0.15) is 0 Å². The smallest absolute Gasteiger partial charge is 0.244 e. The summed E-state index contributed by atoms with van der Waals surface area (Å²) in [5.41, 5.74) is 3.27. The number of aromatic nitrogens is 1. The maximum atomic E-state index is 12.3. The van der Waals surface area contributed by atoms with Gasteiger partial charge in [-0.15, -0.1) is 0 Å². The molecule has 1 aromatic heterocycles.